The average Bonchev–Trinajstić information content (AvgIpc) is 2.07. The van der Waals surface area contributed by atoms with Gasteiger partial charge in [0.05, 0.1) is 11.5 Å². The lowest BCUT2D eigenvalue weighted by atomic mass is 9.78. The second-order valence-corrected chi connectivity index (χ2v) is 3.01. The molecular formula is C8H12N2O. The molecule has 0 atom stereocenters. The van der Waals surface area contributed by atoms with Crippen molar-refractivity contribution in [1.82, 2.24) is 5.32 Å². The van der Waals surface area contributed by atoms with Gasteiger partial charge in [-0.25, -0.2) is 0 Å². The zero-order valence-corrected chi connectivity index (χ0v) is 6.47. The molecule has 1 saturated heterocycles. The summed E-state index contributed by atoms with van der Waals surface area (Å²) in [7, 11) is 0. The first-order valence-electron chi connectivity index (χ1n) is 3.89. The van der Waals surface area contributed by atoms with Crippen molar-refractivity contribution in [2.45, 2.75) is 19.3 Å². The minimum absolute atomic E-state index is 0.354. The maximum atomic E-state index is 10.3. The van der Waals surface area contributed by atoms with Crippen LogP contribution in [0.5, 0.6) is 0 Å². The van der Waals surface area contributed by atoms with Crippen LogP contribution in [0.1, 0.15) is 19.3 Å². The second kappa shape index (κ2) is 3.49. The molecule has 0 bridgehead atoms. The quantitative estimate of drug-likeness (QED) is 0.585. The third-order valence-electron chi connectivity index (χ3n) is 2.27. The summed E-state index contributed by atoms with van der Waals surface area (Å²) < 4.78 is 0. The summed E-state index contributed by atoms with van der Waals surface area (Å²) in [6.07, 6.45) is 2.87. The molecule has 0 aliphatic carbocycles. The Morgan fingerprint density at radius 3 is 2.64 bits per heavy atom. The molecule has 0 aromatic heterocycles. The molecule has 0 aromatic rings. The van der Waals surface area contributed by atoms with Crippen LogP contribution in [0.2, 0.25) is 0 Å². The Morgan fingerprint density at radius 1 is 1.55 bits per heavy atom. The molecule has 1 aliphatic rings. The molecule has 1 aliphatic heterocycles. The first-order chi connectivity index (χ1) is 5.33. The van der Waals surface area contributed by atoms with Crippen molar-refractivity contribution in [3.05, 3.63) is 0 Å². The van der Waals surface area contributed by atoms with Crippen molar-refractivity contribution < 1.29 is 4.79 Å². The fraction of sp³-hybridized carbons (Fsp3) is 0.750. The highest BCUT2D eigenvalue weighted by Gasteiger charge is 2.31. The monoisotopic (exact) mass is 152 g/mol. The van der Waals surface area contributed by atoms with Crippen molar-refractivity contribution >= 4 is 6.29 Å². The Balaban J connectivity index is 2.58. The van der Waals surface area contributed by atoms with Crippen LogP contribution >= 0.6 is 0 Å². The zero-order chi connectivity index (χ0) is 8.16. The van der Waals surface area contributed by atoms with Crippen LogP contribution in [0, 0.1) is 16.7 Å². The van der Waals surface area contributed by atoms with Crippen LogP contribution in [0.4, 0.5) is 0 Å². The van der Waals surface area contributed by atoms with E-state index >= 15 is 0 Å². The van der Waals surface area contributed by atoms with Gasteiger partial charge in [-0.15, -0.1) is 0 Å². The van der Waals surface area contributed by atoms with E-state index in [-0.39, 0.29) is 5.41 Å². The standard InChI is InChI=1S/C8H12N2O/c9-7-8(3-6-11)1-4-10-5-2-8/h6,10H,1-5H2. The van der Waals surface area contributed by atoms with Gasteiger partial charge in [-0.2, -0.15) is 5.26 Å². The fourth-order valence-electron chi connectivity index (χ4n) is 1.43. The fourth-order valence-corrected chi connectivity index (χ4v) is 1.43. The van der Waals surface area contributed by atoms with E-state index in [1.807, 2.05) is 0 Å². The molecule has 11 heavy (non-hydrogen) atoms. The molecule has 3 nitrogen and oxygen atoms in total. The Kier molecular flexibility index (Phi) is 2.61. The van der Waals surface area contributed by atoms with Crippen LogP contribution in [0.15, 0.2) is 0 Å². The summed E-state index contributed by atoms with van der Waals surface area (Å²) in [6.45, 7) is 1.72. The number of hydrogen-bond donors (Lipinski definition) is 1. The van der Waals surface area contributed by atoms with Gasteiger partial charge < -0.3 is 10.1 Å². The molecule has 60 valence electrons. The van der Waals surface area contributed by atoms with E-state index in [0.717, 1.165) is 32.2 Å². The number of nitriles is 1. The molecule has 0 unspecified atom stereocenters. The van der Waals surface area contributed by atoms with Crippen molar-refractivity contribution in [3.63, 3.8) is 0 Å². The van der Waals surface area contributed by atoms with Gasteiger partial charge in [0.25, 0.3) is 0 Å². The van der Waals surface area contributed by atoms with Gasteiger partial charge in [0, 0.05) is 6.42 Å². The molecule has 0 amide bonds. The van der Waals surface area contributed by atoms with E-state index in [0.29, 0.717) is 6.42 Å². The summed E-state index contributed by atoms with van der Waals surface area (Å²) in [5.74, 6) is 0. The van der Waals surface area contributed by atoms with Crippen molar-refractivity contribution in [1.29, 1.82) is 5.26 Å². The van der Waals surface area contributed by atoms with E-state index < -0.39 is 0 Å². The Hall–Kier alpha value is -0.880. The summed E-state index contributed by atoms with van der Waals surface area (Å²) >= 11 is 0. The van der Waals surface area contributed by atoms with Gasteiger partial charge in [0.2, 0.25) is 0 Å². The first-order valence-corrected chi connectivity index (χ1v) is 3.89. The number of aldehydes is 1. The maximum absolute atomic E-state index is 10.3. The first kappa shape index (κ1) is 8.22. The average molecular weight is 152 g/mol. The number of carbonyl (C=O) groups excluding carboxylic acids is 1. The highest BCUT2D eigenvalue weighted by molar-refractivity contribution is 5.52. The Labute approximate surface area is 66.4 Å². The summed E-state index contributed by atoms with van der Waals surface area (Å²) in [4.78, 5) is 10.3. The van der Waals surface area contributed by atoms with Crippen LogP contribution < -0.4 is 5.32 Å². The third kappa shape index (κ3) is 1.78. The van der Waals surface area contributed by atoms with Crippen molar-refractivity contribution in [2.24, 2.45) is 5.41 Å². The highest BCUT2D eigenvalue weighted by Crippen LogP contribution is 2.30. The number of nitrogens with one attached hydrogen (secondary N) is 1. The molecule has 0 saturated carbocycles. The lowest BCUT2D eigenvalue weighted by Crippen LogP contribution is -2.35. The molecular weight excluding hydrogens is 140 g/mol. The van der Waals surface area contributed by atoms with E-state index in [1.165, 1.54) is 0 Å². The maximum Gasteiger partial charge on any atom is 0.121 e. The summed E-state index contributed by atoms with van der Waals surface area (Å²) in [5.41, 5.74) is -0.354. The van der Waals surface area contributed by atoms with E-state index in [4.69, 9.17) is 5.26 Å². The molecule has 3 heteroatoms. The summed E-state index contributed by atoms with van der Waals surface area (Å²) in [6, 6.07) is 2.25. The van der Waals surface area contributed by atoms with Crippen LogP contribution in [-0.4, -0.2) is 19.4 Å². The predicted octanol–water partition coefficient (Wildman–Crippen LogP) is 0.469. The van der Waals surface area contributed by atoms with Gasteiger partial charge in [0.1, 0.15) is 6.29 Å². The lowest BCUT2D eigenvalue weighted by molar-refractivity contribution is -0.109. The van der Waals surface area contributed by atoms with Crippen LogP contribution in [0.3, 0.4) is 0 Å². The molecule has 0 spiro atoms. The van der Waals surface area contributed by atoms with Crippen molar-refractivity contribution in [3.8, 4) is 6.07 Å². The molecule has 1 rings (SSSR count). The molecule has 1 heterocycles. The number of nitrogens with zero attached hydrogens (tertiary/aromatic N) is 1. The smallest absolute Gasteiger partial charge is 0.121 e. The number of carbonyl (C=O) groups is 1. The van der Waals surface area contributed by atoms with Gasteiger partial charge in [0.15, 0.2) is 0 Å². The van der Waals surface area contributed by atoms with Crippen LogP contribution in [0.25, 0.3) is 0 Å². The third-order valence-corrected chi connectivity index (χ3v) is 2.27. The van der Waals surface area contributed by atoms with E-state index in [9.17, 15) is 4.79 Å². The largest absolute Gasteiger partial charge is 0.317 e. The Morgan fingerprint density at radius 2 is 2.18 bits per heavy atom. The Bertz CT molecular complexity index is 177. The minimum Gasteiger partial charge on any atom is -0.317 e. The number of rotatable bonds is 2. The molecule has 1 N–H and O–H groups in total. The predicted molar refractivity (Wildman–Crippen MR) is 40.8 cm³/mol. The lowest BCUT2D eigenvalue weighted by Gasteiger charge is -2.28. The highest BCUT2D eigenvalue weighted by atomic mass is 16.1. The number of hydrogen-bond acceptors (Lipinski definition) is 3. The molecule has 1 fully saturated rings. The topological polar surface area (TPSA) is 52.9 Å². The zero-order valence-electron chi connectivity index (χ0n) is 6.47. The van der Waals surface area contributed by atoms with Gasteiger partial charge in [-0.3, -0.25) is 0 Å². The molecule has 0 radical (unpaired) electrons. The minimum atomic E-state index is -0.354. The molecule has 0 aromatic carbocycles. The SMILES string of the molecule is N#CC1(CC=O)CCNCC1. The number of piperidine rings is 1. The van der Waals surface area contributed by atoms with Gasteiger partial charge >= 0.3 is 0 Å². The second-order valence-electron chi connectivity index (χ2n) is 3.01. The summed E-state index contributed by atoms with van der Waals surface area (Å²) in [5, 5.41) is 12.0. The normalized spacial score (nSPS) is 22.1. The van der Waals surface area contributed by atoms with E-state index in [1.54, 1.807) is 0 Å². The van der Waals surface area contributed by atoms with E-state index in [2.05, 4.69) is 11.4 Å². The van der Waals surface area contributed by atoms with Gasteiger partial charge in [-0.1, -0.05) is 0 Å². The van der Waals surface area contributed by atoms with Crippen molar-refractivity contribution in [2.75, 3.05) is 13.1 Å². The van der Waals surface area contributed by atoms with Gasteiger partial charge in [-0.05, 0) is 25.9 Å². The van der Waals surface area contributed by atoms with Crippen LogP contribution in [-0.2, 0) is 4.79 Å².